The molecule has 0 radical (unpaired) electrons. The Morgan fingerprint density at radius 2 is 2.24 bits per heavy atom. The summed E-state index contributed by atoms with van der Waals surface area (Å²) < 4.78 is 5.01. The van der Waals surface area contributed by atoms with Gasteiger partial charge in [-0.15, -0.1) is 0 Å². The van der Waals surface area contributed by atoms with E-state index in [2.05, 4.69) is 9.97 Å². The zero-order chi connectivity index (χ0) is 15.6. The first kappa shape index (κ1) is 15.2. The van der Waals surface area contributed by atoms with E-state index in [0.29, 0.717) is 10.7 Å². The van der Waals surface area contributed by atoms with Gasteiger partial charge in [-0.2, -0.15) is 5.26 Å². The number of nitriles is 1. The molecular weight excluding hydrogens is 314 g/mol. The monoisotopic (exact) mass is 323 g/mol. The van der Waals surface area contributed by atoms with E-state index in [0.717, 1.165) is 0 Å². The summed E-state index contributed by atoms with van der Waals surface area (Å²) >= 11 is 7.32. The van der Waals surface area contributed by atoms with E-state index in [4.69, 9.17) is 21.6 Å². The summed E-state index contributed by atoms with van der Waals surface area (Å²) in [5, 5.41) is 19.4. The highest BCUT2D eigenvalue weighted by Gasteiger charge is 2.18. The number of H-pyrrole nitrogens is 1. The molecule has 1 aromatic carbocycles. The average Bonchev–Trinajstić information content (AvgIpc) is 2.46. The van der Waals surface area contributed by atoms with Crippen LogP contribution in [0.5, 0.6) is 11.5 Å². The Labute approximate surface area is 129 Å². The van der Waals surface area contributed by atoms with Crippen LogP contribution in [-0.2, 0) is 0 Å². The van der Waals surface area contributed by atoms with E-state index in [1.165, 1.54) is 31.0 Å². The number of nitrogens with one attached hydrogen (secondary N) is 1. The molecule has 108 valence electrons. The van der Waals surface area contributed by atoms with Gasteiger partial charge in [0.15, 0.2) is 16.7 Å². The van der Waals surface area contributed by atoms with Crippen LogP contribution >= 0.6 is 23.4 Å². The summed E-state index contributed by atoms with van der Waals surface area (Å²) in [6.07, 6.45) is 1.74. The van der Waals surface area contributed by atoms with Crippen LogP contribution < -0.4 is 10.3 Å². The number of thioether (sulfide) groups is 1. The molecule has 0 aliphatic rings. The van der Waals surface area contributed by atoms with Gasteiger partial charge in [-0.25, -0.2) is 4.98 Å². The van der Waals surface area contributed by atoms with Crippen molar-refractivity contribution in [3.8, 4) is 28.8 Å². The van der Waals surface area contributed by atoms with Gasteiger partial charge in [-0.3, -0.25) is 4.79 Å². The number of phenolic OH excluding ortho intramolecular Hbond substituents is 1. The lowest BCUT2D eigenvalue weighted by molar-refractivity contribution is 0.373. The van der Waals surface area contributed by atoms with Gasteiger partial charge in [0.25, 0.3) is 5.56 Å². The second-order valence-electron chi connectivity index (χ2n) is 3.91. The number of ether oxygens (including phenoxy) is 1. The van der Waals surface area contributed by atoms with E-state index < -0.39 is 5.56 Å². The summed E-state index contributed by atoms with van der Waals surface area (Å²) in [7, 11) is 1.39. The minimum atomic E-state index is -0.546. The Bertz CT molecular complexity index is 798. The van der Waals surface area contributed by atoms with Gasteiger partial charge in [0.2, 0.25) is 0 Å². The zero-order valence-electron chi connectivity index (χ0n) is 11.1. The maximum Gasteiger partial charge on any atom is 0.270 e. The van der Waals surface area contributed by atoms with E-state index in [-0.39, 0.29) is 27.8 Å². The van der Waals surface area contributed by atoms with Crippen LogP contribution in [0.4, 0.5) is 0 Å². The second-order valence-corrected chi connectivity index (χ2v) is 5.12. The molecule has 0 unspecified atom stereocenters. The number of aromatic amines is 1. The Morgan fingerprint density at radius 1 is 1.52 bits per heavy atom. The van der Waals surface area contributed by atoms with Crippen molar-refractivity contribution in [2.75, 3.05) is 13.4 Å². The van der Waals surface area contributed by atoms with Crippen molar-refractivity contribution in [1.82, 2.24) is 9.97 Å². The highest BCUT2D eigenvalue weighted by Crippen LogP contribution is 2.37. The molecule has 0 amide bonds. The average molecular weight is 324 g/mol. The zero-order valence-corrected chi connectivity index (χ0v) is 12.7. The lowest BCUT2D eigenvalue weighted by Gasteiger charge is -2.10. The molecule has 21 heavy (non-hydrogen) atoms. The van der Waals surface area contributed by atoms with Gasteiger partial charge in [0, 0.05) is 11.6 Å². The third-order valence-electron chi connectivity index (χ3n) is 2.73. The van der Waals surface area contributed by atoms with Crippen molar-refractivity contribution in [3.05, 3.63) is 33.1 Å². The first-order valence-electron chi connectivity index (χ1n) is 5.67. The van der Waals surface area contributed by atoms with Gasteiger partial charge in [-0.05, 0) is 12.3 Å². The quantitative estimate of drug-likeness (QED) is 0.664. The molecule has 6 nitrogen and oxygen atoms in total. The van der Waals surface area contributed by atoms with Gasteiger partial charge in [0.05, 0.1) is 17.8 Å². The normalized spacial score (nSPS) is 10.2. The molecule has 0 aliphatic carbocycles. The predicted molar refractivity (Wildman–Crippen MR) is 80.0 cm³/mol. The van der Waals surface area contributed by atoms with Crippen LogP contribution in [0.2, 0.25) is 5.02 Å². The number of nitrogens with zero attached hydrogens (tertiary/aromatic N) is 2. The lowest BCUT2D eigenvalue weighted by atomic mass is 10.1. The maximum absolute atomic E-state index is 11.9. The Kier molecular flexibility index (Phi) is 4.40. The van der Waals surface area contributed by atoms with Crippen molar-refractivity contribution >= 4 is 23.4 Å². The molecule has 0 spiro atoms. The number of hydrogen-bond donors (Lipinski definition) is 2. The van der Waals surface area contributed by atoms with Crippen molar-refractivity contribution in [3.63, 3.8) is 0 Å². The van der Waals surface area contributed by atoms with Gasteiger partial charge >= 0.3 is 0 Å². The van der Waals surface area contributed by atoms with Crippen molar-refractivity contribution in [2.45, 2.75) is 5.16 Å². The Hall–Kier alpha value is -2.17. The van der Waals surface area contributed by atoms with Crippen LogP contribution in [0, 0.1) is 11.3 Å². The van der Waals surface area contributed by atoms with E-state index in [9.17, 15) is 9.90 Å². The number of benzene rings is 1. The van der Waals surface area contributed by atoms with Gasteiger partial charge in [0.1, 0.15) is 11.6 Å². The molecule has 0 saturated carbocycles. The van der Waals surface area contributed by atoms with Crippen molar-refractivity contribution in [1.29, 1.82) is 5.26 Å². The van der Waals surface area contributed by atoms with Crippen molar-refractivity contribution in [2.24, 2.45) is 0 Å². The summed E-state index contributed by atoms with van der Waals surface area (Å²) in [6.45, 7) is 0. The molecule has 0 saturated heterocycles. The van der Waals surface area contributed by atoms with Crippen LogP contribution in [0.3, 0.4) is 0 Å². The molecule has 1 heterocycles. The smallest absolute Gasteiger partial charge is 0.270 e. The van der Waals surface area contributed by atoms with E-state index >= 15 is 0 Å². The fourth-order valence-electron chi connectivity index (χ4n) is 1.74. The number of halogens is 1. The summed E-state index contributed by atoms with van der Waals surface area (Å²) in [5.74, 6) is 0.0331. The van der Waals surface area contributed by atoms with Gasteiger partial charge in [-0.1, -0.05) is 23.4 Å². The number of aromatic nitrogens is 2. The molecular formula is C13H10ClN3O3S. The highest BCUT2D eigenvalue weighted by molar-refractivity contribution is 7.98. The molecule has 0 aliphatic heterocycles. The second kappa shape index (κ2) is 6.08. The van der Waals surface area contributed by atoms with Crippen LogP contribution in [-0.4, -0.2) is 28.4 Å². The lowest BCUT2D eigenvalue weighted by Crippen LogP contribution is -2.14. The highest BCUT2D eigenvalue weighted by atomic mass is 35.5. The number of aromatic hydroxyl groups is 1. The Morgan fingerprint density at radius 3 is 2.81 bits per heavy atom. The number of hydrogen-bond acceptors (Lipinski definition) is 6. The third kappa shape index (κ3) is 2.82. The fourth-order valence-corrected chi connectivity index (χ4v) is 2.36. The SMILES string of the molecule is COc1cc(-c2nc(SC)[nH]c(=O)c2C#N)c(Cl)cc1O. The predicted octanol–water partition coefficient (Wildman–Crippen LogP) is 2.40. The number of phenols is 1. The molecule has 0 fully saturated rings. The minimum Gasteiger partial charge on any atom is -0.504 e. The largest absolute Gasteiger partial charge is 0.504 e. The molecule has 1 aromatic heterocycles. The summed E-state index contributed by atoms with van der Waals surface area (Å²) in [4.78, 5) is 18.6. The molecule has 8 heteroatoms. The fraction of sp³-hybridized carbons (Fsp3) is 0.154. The maximum atomic E-state index is 11.9. The summed E-state index contributed by atoms with van der Waals surface area (Å²) in [6, 6.07) is 4.53. The Balaban J connectivity index is 2.81. The van der Waals surface area contributed by atoms with Crippen molar-refractivity contribution < 1.29 is 9.84 Å². The van der Waals surface area contributed by atoms with E-state index in [1.54, 1.807) is 6.26 Å². The van der Waals surface area contributed by atoms with E-state index in [1.807, 2.05) is 6.07 Å². The van der Waals surface area contributed by atoms with Crippen LogP contribution in [0.1, 0.15) is 5.56 Å². The van der Waals surface area contributed by atoms with Crippen LogP contribution in [0.15, 0.2) is 22.1 Å². The molecule has 2 rings (SSSR count). The topological polar surface area (TPSA) is 99.0 Å². The third-order valence-corrected chi connectivity index (χ3v) is 3.62. The number of methoxy groups -OCH3 is 1. The molecule has 2 aromatic rings. The molecule has 0 atom stereocenters. The minimum absolute atomic E-state index is 0.139. The first-order chi connectivity index (χ1) is 10.0. The molecule has 0 bridgehead atoms. The standard InChI is InChI=1S/C13H10ClN3O3S/c1-20-10-3-6(8(14)4-9(10)18)11-7(5-15)12(19)17-13(16-11)21-2/h3-4,18H,1-2H3,(H,16,17,19). The van der Waals surface area contributed by atoms with Gasteiger partial charge < -0.3 is 14.8 Å². The van der Waals surface area contributed by atoms with Crippen LogP contribution in [0.25, 0.3) is 11.3 Å². The molecule has 2 N–H and O–H groups in total. The number of rotatable bonds is 3. The first-order valence-corrected chi connectivity index (χ1v) is 7.27. The summed E-state index contributed by atoms with van der Waals surface area (Å²) in [5.41, 5.74) is -0.212.